The molecule has 21 heavy (non-hydrogen) atoms. The minimum atomic E-state index is -0.404. The zero-order valence-electron chi connectivity index (χ0n) is 13.2. The van der Waals surface area contributed by atoms with Crippen LogP contribution in [0.5, 0.6) is 0 Å². The van der Waals surface area contributed by atoms with Gasteiger partial charge >= 0.3 is 13.1 Å². The van der Waals surface area contributed by atoms with E-state index in [2.05, 4.69) is 5.32 Å². The molecule has 2 heterocycles. The van der Waals surface area contributed by atoms with Gasteiger partial charge in [0.15, 0.2) is 0 Å². The van der Waals surface area contributed by atoms with E-state index in [1.165, 1.54) is 0 Å². The summed E-state index contributed by atoms with van der Waals surface area (Å²) in [5.41, 5.74) is 2.21. The van der Waals surface area contributed by atoms with Crippen LogP contribution in [0.1, 0.15) is 33.3 Å². The second-order valence-corrected chi connectivity index (χ2v) is 6.69. The molecule has 6 heteroatoms. The molecule has 3 rings (SSSR count). The summed E-state index contributed by atoms with van der Waals surface area (Å²) in [5.74, 6) is 0. The average Bonchev–Trinajstić information content (AvgIpc) is 2.63. The lowest BCUT2D eigenvalue weighted by Crippen LogP contribution is -2.43. The number of hydrogen-bond donors (Lipinski definition) is 1. The number of fused-ring (bicyclic) bond motifs is 1. The number of nitrogens with one attached hydrogen (secondary N) is 1. The second kappa shape index (κ2) is 4.48. The Morgan fingerprint density at radius 3 is 2.43 bits per heavy atom. The van der Waals surface area contributed by atoms with Gasteiger partial charge in [-0.05, 0) is 44.8 Å². The SMILES string of the molecule is CN1C(=O)NCc2ccc(B3OC(C)(C)C(C)(C)O3)cc21. The van der Waals surface area contributed by atoms with Crippen molar-refractivity contribution in [2.75, 3.05) is 11.9 Å². The summed E-state index contributed by atoms with van der Waals surface area (Å²) in [6, 6.07) is 5.92. The Hall–Kier alpha value is -1.53. The second-order valence-electron chi connectivity index (χ2n) is 6.69. The summed E-state index contributed by atoms with van der Waals surface area (Å²) in [4.78, 5) is 13.4. The van der Waals surface area contributed by atoms with Gasteiger partial charge in [0.2, 0.25) is 0 Å². The summed E-state index contributed by atoms with van der Waals surface area (Å²) < 4.78 is 12.1. The molecule has 0 unspecified atom stereocenters. The number of anilines is 1. The maximum atomic E-state index is 11.7. The number of rotatable bonds is 1. The molecule has 1 aromatic carbocycles. The van der Waals surface area contributed by atoms with Crippen LogP contribution < -0.4 is 15.7 Å². The van der Waals surface area contributed by atoms with Crippen LogP contribution in [0.15, 0.2) is 18.2 Å². The van der Waals surface area contributed by atoms with Crippen LogP contribution in [-0.4, -0.2) is 31.4 Å². The van der Waals surface area contributed by atoms with Crippen LogP contribution in [0.25, 0.3) is 0 Å². The molecule has 0 radical (unpaired) electrons. The van der Waals surface area contributed by atoms with Gasteiger partial charge in [0.25, 0.3) is 0 Å². The lowest BCUT2D eigenvalue weighted by atomic mass is 9.78. The van der Waals surface area contributed by atoms with E-state index < -0.39 is 7.12 Å². The van der Waals surface area contributed by atoms with Crippen molar-refractivity contribution in [3.05, 3.63) is 23.8 Å². The van der Waals surface area contributed by atoms with Gasteiger partial charge in [0, 0.05) is 19.3 Å². The molecular weight excluding hydrogens is 267 g/mol. The largest absolute Gasteiger partial charge is 0.494 e. The van der Waals surface area contributed by atoms with Crippen molar-refractivity contribution in [1.82, 2.24) is 5.32 Å². The van der Waals surface area contributed by atoms with E-state index in [0.29, 0.717) is 6.54 Å². The van der Waals surface area contributed by atoms with Crippen molar-refractivity contribution in [2.24, 2.45) is 0 Å². The topological polar surface area (TPSA) is 50.8 Å². The zero-order valence-corrected chi connectivity index (χ0v) is 13.2. The van der Waals surface area contributed by atoms with Crippen molar-refractivity contribution < 1.29 is 14.1 Å². The highest BCUT2D eigenvalue weighted by molar-refractivity contribution is 6.62. The Labute approximate surface area is 125 Å². The molecule has 5 nitrogen and oxygen atoms in total. The minimum Gasteiger partial charge on any atom is -0.399 e. The van der Waals surface area contributed by atoms with E-state index in [9.17, 15) is 4.79 Å². The summed E-state index contributed by atoms with van der Waals surface area (Å²) in [6.07, 6.45) is 0. The molecule has 112 valence electrons. The third-order valence-corrected chi connectivity index (χ3v) is 4.73. The molecule has 0 spiro atoms. The van der Waals surface area contributed by atoms with Crippen LogP contribution in [0.3, 0.4) is 0 Å². The maximum absolute atomic E-state index is 11.7. The van der Waals surface area contributed by atoms with E-state index >= 15 is 0 Å². The van der Waals surface area contributed by atoms with Crippen molar-refractivity contribution >= 4 is 24.3 Å². The Morgan fingerprint density at radius 1 is 1.19 bits per heavy atom. The number of carbonyl (C=O) groups excluding carboxylic acids is 1. The summed E-state index contributed by atoms with van der Waals surface area (Å²) in [5, 5.41) is 2.83. The summed E-state index contributed by atoms with van der Waals surface area (Å²) in [7, 11) is 1.36. The smallest absolute Gasteiger partial charge is 0.399 e. The third kappa shape index (κ3) is 2.22. The molecule has 0 aliphatic carbocycles. The van der Waals surface area contributed by atoms with E-state index in [1.807, 2.05) is 45.9 Å². The number of hydrogen-bond acceptors (Lipinski definition) is 3. The van der Waals surface area contributed by atoms with Crippen molar-refractivity contribution in [2.45, 2.75) is 45.4 Å². The number of nitrogens with zero attached hydrogens (tertiary/aromatic N) is 1. The van der Waals surface area contributed by atoms with E-state index in [0.717, 1.165) is 16.7 Å². The predicted octanol–water partition coefficient (Wildman–Crippen LogP) is 1.65. The van der Waals surface area contributed by atoms with Gasteiger partial charge in [0.05, 0.1) is 11.2 Å². The minimum absolute atomic E-state index is 0.0893. The van der Waals surface area contributed by atoms with Gasteiger partial charge in [-0.2, -0.15) is 0 Å². The first-order chi connectivity index (χ1) is 9.71. The third-order valence-electron chi connectivity index (χ3n) is 4.73. The first kappa shape index (κ1) is 14.4. The highest BCUT2D eigenvalue weighted by Gasteiger charge is 2.51. The molecule has 0 aromatic heterocycles. The molecule has 1 fully saturated rings. The number of amides is 2. The quantitative estimate of drug-likeness (QED) is 0.799. The lowest BCUT2D eigenvalue weighted by molar-refractivity contribution is 0.00578. The number of carbonyl (C=O) groups is 1. The van der Waals surface area contributed by atoms with Crippen molar-refractivity contribution in [3.63, 3.8) is 0 Å². The highest BCUT2D eigenvalue weighted by atomic mass is 16.7. The summed E-state index contributed by atoms with van der Waals surface area (Å²) >= 11 is 0. The summed E-state index contributed by atoms with van der Waals surface area (Å²) in [6.45, 7) is 8.69. The van der Waals surface area contributed by atoms with E-state index in [1.54, 1.807) is 11.9 Å². The molecule has 2 aliphatic heterocycles. The normalized spacial score (nSPS) is 23.0. The van der Waals surface area contributed by atoms with Crippen LogP contribution in [-0.2, 0) is 15.9 Å². The van der Waals surface area contributed by atoms with E-state index in [-0.39, 0.29) is 17.2 Å². The first-order valence-electron chi connectivity index (χ1n) is 7.21. The fraction of sp³-hybridized carbons (Fsp3) is 0.533. The van der Waals surface area contributed by atoms with Gasteiger partial charge in [-0.25, -0.2) is 4.79 Å². The Kier molecular flexibility index (Phi) is 3.08. The van der Waals surface area contributed by atoms with Crippen molar-refractivity contribution in [1.29, 1.82) is 0 Å². The molecule has 0 bridgehead atoms. The molecular formula is C15H21BN2O3. The zero-order chi connectivity index (χ0) is 15.4. The molecule has 0 saturated carbocycles. The molecule has 0 atom stereocenters. The average molecular weight is 288 g/mol. The molecule has 2 amide bonds. The molecule has 2 aliphatic rings. The van der Waals surface area contributed by atoms with Gasteiger partial charge in [-0.15, -0.1) is 0 Å². The van der Waals surface area contributed by atoms with Crippen molar-refractivity contribution in [3.8, 4) is 0 Å². The fourth-order valence-electron chi connectivity index (χ4n) is 2.57. The van der Waals surface area contributed by atoms with Gasteiger partial charge < -0.3 is 14.6 Å². The Bertz CT molecular complexity index is 585. The highest BCUT2D eigenvalue weighted by Crippen LogP contribution is 2.36. The van der Waals surface area contributed by atoms with E-state index in [4.69, 9.17) is 9.31 Å². The lowest BCUT2D eigenvalue weighted by Gasteiger charge is -2.32. The van der Waals surface area contributed by atoms with Gasteiger partial charge in [-0.1, -0.05) is 12.1 Å². The fourth-order valence-corrected chi connectivity index (χ4v) is 2.57. The van der Waals surface area contributed by atoms with Crippen LogP contribution in [0.4, 0.5) is 10.5 Å². The maximum Gasteiger partial charge on any atom is 0.494 e. The molecule has 1 N–H and O–H groups in total. The van der Waals surface area contributed by atoms with Crippen LogP contribution >= 0.6 is 0 Å². The first-order valence-corrected chi connectivity index (χ1v) is 7.21. The molecule has 1 saturated heterocycles. The Balaban J connectivity index is 1.94. The van der Waals surface area contributed by atoms with Crippen LogP contribution in [0.2, 0.25) is 0 Å². The standard InChI is InChI=1S/C15H21BN2O3/c1-14(2)15(3,4)21-16(20-14)11-7-6-10-9-17-13(19)18(5)12(10)8-11/h6-8H,9H2,1-5H3,(H,17,19). The molecule has 1 aromatic rings. The number of benzene rings is 1. The predicted molar refractivity (Wildman–Crippen MR) is 82.8 cm³/mol. The van der Waals surface area contributed by atoms with Crippen LogP contribution in [0, 0.1) is 0 Å². The monoisotopic (exact) mass is 288 g/mol. The van der Waals surface area contributed by atoms with Gasteiger partial charge in [0.1, 0.15) is 0 Å². The number of urea groups is 1. The van der Waals surface area contributed by atoms with Gasteiger partial charge in [-0.3, -0.25) is 4.90 Å². The Morgan fingerprint density at radius 2 is 1.81 bits per heavy atom.